The summed E-state index contributed by atoms with van der Waals surface area (Å²) in [6.45, 7) is 0. The van der Waals surface area contributed by atoms with Gasteiger partial charge in [0.05, 0.1) is 16.4 Å². The minimum Gasteiger partial charge on any atom is -0.273 e. The molecule has 1 aliphatic carbocycles. The molecule has 0 saturated carbocycles. The van der Waals surface area contributed by atoms with E-state index in [2.05, 4.69) is 10.9 Å². The summed E-state index contributed by atoms with van der Waals surface area (Å²) < 4.78 is 22.8. The molecule has 1 fully saturated rings. The SMILES string of the molecule is O=C(CC1CCS(=O)(=O)C1)NNC(=O)c1cc2c(s1)CCCCC2. The molecule has 1 aliphatic heterocycles. The first-order valence-corrected chi connectivity index (χ1v) is 11.0. The molecule has 0 spiro atoms. The quantitative estimate of drug-likeness (QED) is 0.624. The van der Waals surface area contributed by atoms with Crippen LogP contribution in [-0.2, 0) is 27.5 Å². The van der Waals surface area contributed by atoms with Gasteiger partial charge in [0.25, 0.3) is 5.91 Å². The highest BCUT2D eigenvalue weighted by atomic mass is 32.2. The summed E-state index contributed by atoms with van der Waals surface area (Å²) in [6.07, 6.45) is 6.23. The zero-order valence-corrected chi connectivity index (χ0v) is 15.1. The van der Waals surface area contributed by atoms with Crippen LogP contribution in [0.1, 0.15) is 52.2 Å². The molecule has 2 N–H and O–H groups in total. The van der Waals surface area contributed by atoms with Crippen LogP contribution in [0.3, 0.4) is 0 Å². The molecule has 8 heteroatoms. The molecule has 0 radical (unpaired) electrons. The Balaban J connectivity index is 1.49. The van der Waals surface area contributed by atoms with Gasteiger partial charge < -0.3 is 0 Å². The first kappa shape index (κ1) is 17.4. The number of thiophene rings is 1. The molecule has 0 bridgehead atoms. The van der Waals surface area contributed by atoms with Gasteiger partial charge in [-0.05, 0) is 49.7 Å². The summed E-state index contributed by atoms with van der Waals surface area (Å²) in [5.74, 6) is -0.585. The van der Waals surface area contributed by atoms with Gasteiger partial charge in [-0.1, -0.05) is 6.42 Å². The van der Waals surface area contributed by atoms with Crippen molar-refractivity contribution in [2.45, 2.75) is 44.9 Å². The van der Waals surface area contributed by atoms with Crippen LogP contribution in [0.5, 0.6) is 0 Å². The van der Waals surface area contributed by atoms with Crippen LogP contribution in [-0.4, -0.2) is 31.7 Å². The number of carbonyl (C=O) groups excluding carboxylic acids is 2. The number of aryl methyl sites for hydroxylation is 2. The molecule has 1 aromatic rings. The molecular formula is C16H22N2O4S2. The lowest BCUT2D eigenvalue weighted by atomic mass is 10.1. The third-order valence-corrected chi connectivity index (χ3v) is 7.66. The zero-order valence-electron chi connectivity index (χ0n) is 13.5. The van der Waals surface area contributed by atoms with Crippen LogP contribution in [0.25, 0.3) is 0 Å². The summed E-state index contributed by atoms with van der Waals surface area (Å²) in [7, 11) is -2.99. The number of amides is 2. The van der Waals surface area contributed by atoms with Crippen LogP contribution < -0.4 is 10.9 Å². The molecule has 1 saturated heterocycles. The molecule has 2 aliphatic rings. The Morgan fingerprint density at radius 1 is 1.17 bits per heavy atom. The van der Waals surface area contributed by atoms with Crippen molar-refractivity contribution < 1.29 is 18.0 Å². The third kappa shape index (κ3) is 4.36. The Morgan fingerprint density at radius 3 is 2.71 bits per heavy atom. The number of sulfone groups is 1. The minimum absolute atomic E-state index is 0.0615. The van der Waals surface area contributed by atoms with Crippen molar-refractivity contribution in [1.29, 1.82) is 0 Å². The van der Waals surface area contributed by atoms with E-state index >= 15 is 0 Å². The van der Waals surface area contributed by atoms with Crippen molar-refractivity contribution in [3.8, 4) is 0 Å². The lowest BCUT2D eigenvalue weighted by Gasteiger charge is -2.09. The molecule has 2 heterocycles. The van der Waals surface area contributed by atoms with Gasteiger partial charge in [-0.2, -0.15) is 0 Å². The molecule has 1 aromatic heterocycles. The highest BCUT2D eigenvalue weighted by molar-refractivity contribution is 7.91. The molecule has 0 aromatic carbocycles. The van der Waals surface area contributed by atoms with Gasteiger partial charge in [-0.15, -0.1) is 11.3 Å². The second kappa shape index (κ2) is 7.23. The van der Waals surface area contributed by atoms with Crippen LogP contribution in [0.15, 0.2) is 6.07 Å². The largest absolute Gasteiger partial charge is 0.279 e. The van der Waals surface area contributed by atoms with Gasteiger partial charge in [-0.25, -0.2) is 8.42 Å². The highest BCUT2D eigenvalue weighted by Crippen LogP contribution is 2.28. The molecule has 3 rings (SSSR count). The van der Waals surface area contributed by atoms with E-state index in [0.29, 0.717) is 11.3 Å². The molecule has 1 unspecified atom stereocenters. The average molecular weight is 370 g/mol. The van der Waals surface area contributed by atoms with E-state index in [1.165, 1.54) is 28.2 Å². The summed E-state index contributed by atoms with van der Waals surface area (Å²) in [5, 5.41) is 0. The zero-order chi connectivity index (χ0) is 17.2. The fourth-order valence-corrected chi connectivity index (χ4v) is 6.32. The van der Waals surface area contributed by atoms with Gasteiger partial charge in [0.15, 0.2) is 9.84 Å². The van der Waals surface area contributed by atoms with E-state index in [-0.39, 0.29) is 35.7 Å². The summed E-state index contributed by atoms with van der Waals surface area (Å²) >= 11 is 1.50. The van der Waals surface area contributed by atoms with Crippen LogP contribution in [0.2, 0.25) is 0 Å². The number of carbonyl (C=O) groups is 2. The molecular weight excluding hydrogens is 348 g/mol. The fourth-order valence-electron chi connectivity index (χ4n) is 3.31. The minimum atomic E-state index is -2.99. The summed E-state index contributed by atoms with van der Waals surface area (Å²) in [5.41, 5.74) is 6.10. The molecule has 6 nitrogen and oxygen atoms in total. The Morgan fingerprint density at radius 2 is 1.96 bits per heavy atom. The molecule has 1 atom stereocenters. The molecule has 2 amide bonds. The number of hydrogen-bond acceptors (Lipinski definition) is 5. The highest BCUT2D eigenvalue weighted by Gasteiger charge is 2.29. The van der Waals surface area contributed by atoms with E-state index in [1.807, 2.05) is 6.07 Å². The Bertz CT molecular complexity index is 716. The Labute approximate surface area is 145 Å². The number of hydrazine groups is 1. The average Bonchev–Trinajstić information content (AvgIpc) is 3.01. The van der Waals surface area contributed by atoms with Crippen molar-refractivity contribution in [1.82, 2.24) is 10.9 Å². The predicted octanol–water partition coefficient (Wildman–Crippen LogP) is 1.60. The number of rotatable bonds is 3. The Kier molecular flexibility index (Phi) is 5.24. The van der Waals surface area contributed by atoms with E-state index in [0.717, 1.165) is 25.7 Å². The number of hydrogen-bond donors (Lipinski definition) is 2. The summed E-state index contributed by atoms with van der Waals surface area (Å²) in [4.78, 5) is 25.9. The topological polar surface area (TPSA) is 92.3 Å². The van der Waals surface area contributed by atoms with Gasteiger partial charge in [0.1, 0.15) is 0 Å². The molecule has 24 heavy (non-hydrogen) atoms. The maximum absolute atomic E-state index is 12.2. The van der Waals surface area contributed by atoms with Gasteiger partial charge in [0, 0.05) is 11.3 Å². The maximum Gasteiger partial charge on any atom is 0.279 e. The second-order valence-electron chi connectivity index (χ2n) is 6.60. The van der Waals surface area contributed by atoms with E-state index < -0.39 is 9.84 Å². The smallest absolute Gasteiger partial charge is 0.273 e. The van der Waals surface area contributed by atoms with Crippen molar-refractivity contribution >= 4 is 33.0 Å². The van der Waals surface area contributed by atoms with E-state index in [1.54, 1.807) is 0 Å². The normalized spacial score (nSPS) is 22.4. The number of fused-ring (bicyclic) bond motifs is 1. The monoisotopic (exact) mass is 370 g/mol. The first-order chi connectivity index (χ1) is 11.4. The van der Waals surface area contributed by atoms with Crippen LogP contribution >= 0.6 is 11.3 Å². The van der Waals surface area contributed by atoms with Gasteiger partial charge in [-0.3, -0.25) is 20.4 Å². The lowest BCUT2D eigenvalue weighted by Crippen LogP contribution is -2.42. The Hall–Kier alpha value is -1.41. The van der Waals surface area contributed by atoms with Crippen molar-refractivity contribution in [3.05, 3.63) is 21.4 Å². The first-order valence-electron chi connectivity index (χ1n) is 8.34. The van der Waals surface area contributed by atoms with Gasteiger partial charge in [0.2, 0.25) is 5.91 Å². The summed E-state index contributed by atoms with van der Waals surface area (Å²) in [6, 6.07) is 1.93. The molecule has 132 valence electrons. The fraction of sp³-hybridized carbons (Fsp3) is 0.625. The number of nitrogens with one attached hydrogen (secondary N) is 2. The van der Waals surface area contributed by atoms with Crippen molar-refractivity contribution in [2.24, 2.45) is 5.92 Å². The van der Waals surface area contributed by atoms with Crippen LogP contribution in [0.4, 0.5) is 0 Å². The second-order valence-corrected chi connectivity index (χ2v) is 9.96. The van der Waals surface area contributed by atoms with E-state index in [4.69, 9.17) is 0 Å². The van der Waals surface area contributed by atoms with Crippen molar-refractivity contribution in [2.75, 3.05) is 11.5 Å². The van der Waals surface area contributed by atoms with E-state index in [9.17, 15) is 18.0 Å². The predicted molar refractivity (Wildman–Crippen MR) is 92.6 cm³/mol. The maximum atomic E-state index is 12.2. The van der Waals surface area contributed by atoms with Crippen molar-refractivity contribution in [3.63, 3.8) is 0 Å². The van der Waals surface area contributed by atoms with Gasteiger partial charge >= 0.3 is 0 Å². The standard InChI is InChI=1S/C16H22N2O4S2/c19-15(8-11-6-7-24(21,22)10-11)17-18-16(20)14-9-12-4-2-1-3-5-13(12)23-14/h9,11H,1-8,10H2,(H,17,19)(H,18,20). The lowest BCUT2D eigenvalue weighted by molar-refractivity contribution is -0.122. The third-order valence-electron chi connectivity index (χ3n) is 4.59. The van der Waals surface area contributed by atoms with Crippen LogP contribution in [0, 0.1) is 5.92 Å².